The Bertz CT molecular complexity index is 530. The summed E-state index contributed by atoms with van der Waals surface area (Å²) in [6.45, 7) is 0.584. The van der Waals surface area contributed by atoms with Gasteiger partial charge >= 0.3 is 0 Å². The standard InChI is InChI=1S/C16H22ClN3O/c17-11-4-7-14(19-12-5-6-12)15(8-11)20-16(21)13-3-1-2-10(13)9-18/h4,7-8,10,12-13,19H,1-3,5-6,9,18H2,(H,20,21)/t10-,13-/m1/s1. The molecule has 2 aliphatic rings. The van der Waals surface area contributed by atoms with E-state index in [1.54, 1.807) is 0 Å². The van der Waals surface area contributed by atoms with Crippen LogP contribution in [0.4, 0.5) is 11.4 Å². The van der Waals surface area contributed by atoms with Gasteiger partial charge in [0, 0.05) is 17.0 Å². The smallest absolute Gasteiger partial charge is 0.227 e. The van der Waals surface area contributed by atoms with Gasteiger partial charge in [-0.05, 0) is 56.3 Å². The van der Waals surface area contributed by atoms with Gasteiger partial charge in [-0.15, -0.1) is 0 Å². The Kier molecular flexibility index (Phi) is 4.36. The predicted molar refractivity (Wildman–Crippen MR) is 86.6 cm³/mol. The lowest BCUT2D eigenvalue weighted by Crippen LogP contribution is -2.30. The predicted octanol–water partition coefficient (Wildman–Crippen LogP) is 3.23. The van der Waals surface area contributed by atoms with Crippen molar-refractivity contribution < 1.29 is 4.79 Å². The van der Waals surface area contributed by atoms with Gasteiger partial charge in [0.25, 0.3) is 0 Å². The van der Waals surface area contributed by atoms with Crippen molar-refractivity contribution in [3.63, 3.8) is 0 Å². The van der Waals surface area contributed by atoms with E-state index >= 15 is 0 Å². The highest BCUT2D eigenvalue weighted by Gasteiger charge is 2.32. The van der Waals surface area contributed by atoms with Crippen molar-refractivity contribution >= 4 is 28.9 Å². The van der Waals surface area contributed by atoms with E-state index in [0.717, 1.165) is 30.6 Å². The van der Waals surface area contributed by atoms with Crippen LogP contribution < -0.4 is 16.4 Å². The summed E-state index contributed by atoms with van der Waals surface area (Å²) in [5.41, 5.74) is 7.51. The number of hydrogen-bond donors (Lipinski definition) is 3. The van der Waals surface area contributed by atoms with E-state index in [2.05, 4.69) is 10.6 Å². The molecule has 4 nitrogen and oxygen atoms in total. The first-order valence-corrected chi connectivity index (χ1v) is 8.12. The molecule has 2 aliphatic carbocycles. The molecule has 4 N–H and O–H groups in total. The zero-order valence-electron chi connectivity index (χ0n) is 12.1. The molecule has 114 valence electrons. The lowest BCUT2D eigenvalue weighted by Gasteiger charge is -2.19. The Morgan fingerprint density at radius 1 is 1.24 bits per heavy atom. The van der Waals surface area contributed by atoms with Gasteiger partial charge in [-0.2, -0.15) is 0 Å². The second-order valence-corrected chi connectivity index (χ2v) is 6.57. The minimum Gasteiger partial charge on any atom is -0.381 e. The van der Waals surface area contributed by atoms with E-state index in [1.165, 1.54) is 12.8 Å². The van der Waals surface area contributed by atoms with E-state index < -0.39 is 0 Å². The molecule has 2 fully saturated rings. The van der Waals surface area contributed by atoms with Crippen molar-refractivity contribution in [2.45, 2.75) is 38.1 Å². The molecule has 1 aromatic carbocycles. The molecule has 1 aromatic rings. The van der Waals surface area contributed by atoms with Crippen LogP contribution in [-0.4, -0.2) is 18.5 Å². The Labute approximate surface area is 130 Å². The first-order chi connectivity index (χ1) is 10.2. The maximum atomic E-state index is 12.5. The van der Waals surface area contributed by atoms with Crippen LogP contribution in [0, 0.1) is 11.8 Å². The van der Waals surface area contributed by atoms with Gasteiger partial charge in [0.05, 0.1) is 11.4 Å². The monoisotopic (exact) mass is 307 g/mol. The number of carbonyl (C=O) groups is 1. The minimum atomic E-state index is 0.0303. The van der Waals surface area contributed by atoms with Crippen LogP contribution in [0.15, 0.2) is 18.2 Å². The number of benzene rings is 1. The van der Waals surface area contributed by atoms with Crippen molar-refractivity contribution in [1.29, 1.82) is 0 Å². The van der Waals surface area contributed by atoms with E-state index in [4.69, 9.17) is 17.3 Å². The van der Waals surface area contributed by atoms with Gasteiger partial charge in [-0.1, -0.05) is 18.0 Å². The number of nitrogens with one attached hydrogen (secondary N) is 2. The SMILES string of the molecule is NC[C@H]1CCC[C@H]1C(=O)Nc1cc(Cl)ccc1NC1CC1. The Morgan fingerprint density at radius 2 is 2.05 bits per heavy atom. The number of halogens is 1. The van der Waals surface area contributed by atoms with Crippen LogP contribution in [0.5, 0.6) is 0 Å². The third-order valence-electron chi connectivity index (χ3n) is 4.48. The van der Waals surface area contributed by atoms with E-state index in [0.29, 0.717) is 23.5 Å². The highest BCUT2D eigenvalue weighted by atomic mass is 35.5. The van der Waals surface area contributed by atoms with Gasteiger partial charge in [0.2, 0.25) is 5.91 Å². The molecule has 0 aromatic heterocycles. The van der Waals surface area contributed by atoms with Crippen LogP contribution in [0.1, 0.15) is 32.1 Å². The summed E-state index contributed by atoms with van der Waals surface area (Å²) >= 11 is 6.07. The van der Waals surface area contributed by atoms with Crippen LogP contribution in [0.3, 0.4) is 0 Å². The number of anilines is 2. The summed E-state index contributed by atoms with van der Waals surface area (Å²) in [5.74, 6) is 0.413. The summed E-state index contributed by atoms with van der Waals surface area (Å²) in [6.07, 6.45) is 5.45. The second-order valence-electron chi connectivity index (χ2n) is 6.13. The molecule has 2 saturated carbocycles. The topological polar surface area (TPSA) is 67.2 Å². The molecule has 2 atom stereocenters. The summed E-state index contributed by atoms with van der Waals surface area (Å²) in [7, 11) is 0. The van der Waals surface area contributed by atoms with Crippen molar-refractivity contribution in [2.75, 3.05) is 17.2 Å². The molecular formula is C16H22ClN3O. The van der Waals surface area contributed by atoms with Crippen molar-refractivity contribution in [2.24, 2.45) is 17.6 Å². The maximum absolute atomic E-state index is 12.5. The lowest BCUT2D eigenvalue weighted by atomic mass is 9.95. The van der Waals surface area contributed by atoms with Crippen molar-refractivity contribution in [3.05, 3.63) is 23.2 Å². The minimum absolute atomic E-state index is 0.0303. The van der Waals surface area contributed by atoms with E-state index in [1.807, 2.05) is 18.2 Å². The molecule has 0 unspecified atom stereocenters. The van der Waals surface area contributed by atoms with Crippen LogP contribution in [0.2, 0.25) is 5.02 Å². The zero-order valence-corrected chi connectivity index (χ0v) is 12.8. The van der Waals surface area contributed by atoms with E-state index in [-0.39, 0.29) is 11.8 Å². The summed E-state index contributed by atoms with van der Waals surface area (Å²) in [5, 5.41) is 7.12. The fourth-order valence-electron chi connectivity index (χ4n) is 3.08. The van der Waals surface area contributed by atoms with E-state index in [9.17, 15) is 4.79 Å². The molecule has 5 heteroatoms. The molecule has 21 heavy (non-hydrogen) atoms. The van der Waals surface area contributed by atoms with Gasteiger partial charge in [-0.3, -0.25) is 4.79 Å². The molecule has 0 bridgehead atoms. The van der Waals surface area contributed by atoms with Gasteiger partial charge in [0.15, 0.2) is 0 Å². The quantitative estimate of drug-likeness (QED) is 0.782. The normalized spacial score (nSPS) is 24.9. The number of amides is 1. The number of rotatable bonds is 5. The van der Waals surface area contributed by atoms with Crippen molar-refractivity contribution in [3.8, 4) is 0 Å². The summed E-state index contributed by atoms with van der Waals surface area (Å²) in [4.78, 5) is 12.5. The molecule has 0 saturated heterocycles. The number of nitrogens with two attached hydrogens (primary N) is 1. The van der Waals surface area contributed by atoms with Crippen LogP contribution >= 0.6 is 11.6 Å². The average Bonchev–Trinajstić information content (AvgIpc) is 3.15. The number of hydrogen-bond acceptors (Lipinski definition) is 3. The summed E-state index contributed by atoms with van der Waals surface area (Å²) in [6, 6.07) is 6.13. The lowest BCUT2D eigenvalue weighted by molar-refractivity contribution is -0.120. The average molecular weight is 308 g/mol. The molecule has 1 amide bonds. The third kappa shape index (κ3) is 3.50. The fraction of sp³-hybridized carbons (Fsp3) is 0.562. The van der Waals surface area contributed by atoms with Gasteiger partial charge in [-0.25, -0.2) is 0 Å². The molecule has 0 heterocycles. The molecule has 0 radical (unpaired) electrons. The van der Waals surface area contributed by atoms with Gasteiger partial charge < -0.3 is 16.4 Å². The molecule has 0 aliphatic heterocycles. The van der Waals surface area contributed by atoms with Crippen LogP contribution in [-0.2, 0) is 4.79 Å². The first kappa shape index (κ1) is 14.7. The van der Waals surface area contributed by atoms with Gasteiger partial charge in [0.1, 0.15) is 0 Å². The third-order valence-corrected chi connectivity index (χ3v) is 4.71. The van der Waals surface area contributed by atoms with Crippen LogP contribution in [0.25, 0.3) is 0 Å². The molecule has 3 rings (SSSR count). The highest BCUT2D eigenvalue weighted by Crippen LogP contribution is 2.35. The largest absolute Gasteiger partial charge is 0.381 e. The first-order valence-electron chi connectivity index (χ1n) is 7.74. The highest BCUT2D eigenvalue weighted by molar-refractivity contribution is 6.31. The maximum Gasteiger partial charge on any atom is 0.227 e. The Hall–Kier alpha value is -1.26. The Morgan fingerprint density at radius 3 is 2.76 bits per heavy atom. The van der Waals surface area contributed by atoms with Crippen molar-refractivity contribution in [1.82, 2.24) is 0 Å². The Balaban J connectivity index is 1.73. The molecular weight excluding hydrogens is 286 g/mol. The summed E-state index contributed by atoms with van der Waals surface area (Å²) < 4.78 is 0. The second kappa shape index (κ2) is 6.24. The number of carbonyl (C=O) groups excluding carboxylic acids is 1. The fourth-order valence-corrected chi connectivity index (χ4v) is 3.25. The molecule has 0 spiro atoms. The zero-order chi connectivity index (χ0) is 14.8.